The Hall–Kier alpha value is -2.40. The van der Waals surface area contributed by atoms with E-state index >= 15 is 0 Å². The van der Waals surface area contributed by atoms with Gasteiger partial charge in [0.15, 0.2) is 6.10 Å². The highest BCUT2D eigenvalue weighted by atomic mass is 16.6. The Morgan fingerprint density at radius 1 is 1.04 bits per heavy atom. The van der Waals surface area contributed by atoms with E-state index in [2.05, 4.69) is 6.92 Å². The first-order chi connectivity index (χ1) is 12.0. The molecule has 2 aromatic carbocycles. The molecule has 0 aliphatic carbocycles. The first-order valence-corrected chi connectivity index (χ1v) is 8.61. The average molecular weight is 344 g/mol. The molecular formula is C20H24O5. The summed E-state index contributed by atoms with van der Waals surface area (Å²) in [6.45, 7) is 4.38. The smallest absolute Gasteiger partial charge is 0.340 e. The van der Waals surface area contributed by atoms with E-state index in [0.717, 1.165) is 30.0 Å². The SMILES string of the molecule is CCCCCCOC(C)C(=O)Oc1ccc2cc(C(=O)O)ccc2c1. The number of carboxylic acids is 1. The predicted octanol–water partition coefficient (Wildman–Crippen LogP) is 4.43. The third kappa shape index (κ3) is 5.57. The lowest BCUT2D eigenvalue weighted by atomic mass is 10.1. The topological polar surface area (TPSA) is 72.8 Å². The second-order valence-corrected chi connectivity index (χ2v) is 6.02. The minimum absolute atomic E-state index is 0.224. The summed E-state index contributed by atoms with van der Waals surface area (Å²) in [6.07, 6.45) is 3.75. The van der Waals surface area contributed by atoms with Gasteiger partial charge in [-0.15, -0.1) is 0 Å². The molecule has 2 rings (SSSR count). The molecule has 1 atom stereocenters. The number of aromatic carboxylic acids is 1. The number of esters is 1. The minimum Gasteiger partial charge on any atom is -0.478 e. The zero-order valence-corrected chi connectivity index (χ0v) is 14.7. The van der Waals surface area contributed by atoms with Crippen molar-refractivity contribution in [2.75, 3.05) is 6.61 Å². The molecule has 0 saturated carbocycles. The number of hydrogen-bond acceptors (Lipinski definition) is 4. The molecule has 0 heterocycles. The van der Waals surface area contributed by atoms with E-state index in [4.69, 9.17) is 14.6 Å². The summed E-state index contributed by atoms with van der Waals surface area (Å²) in [5.74, 6) is -0.985. The summed E-state index contributed by atoms with van der Waals surface area (Å²) in [5.41, 5.74) is 0.224. The molecule has 0 radical (unpaired) electrons. The van der Waals surface area contributed by atoms with Crippen molar-refractivity contribution in [3.63, 3.8) is 0 Å². The maximum Gasteiger partial charge on any atom is 0.340 e. The van der Waals surface area contributed by atoms with Crippen molar-refractivity contribution in [1.82, 2.24) is 0 Å². The Labute approximate surface area is 147 Å². The highest BCUT2D eigenvalue weighted by Gasteiger charge is 2.16. The molecule has 0 aliphatic heterocycles. The molecule has 25 heavy (non-hydrogen) atoms. The van der Waals surface area contributed by atoms with Crippen LogP contribution in [0.2, 0.25) is 0 Å². The van der Waals surface area contributed by atoms with Crippen LogP contribution < -0.4 is 4.74 Å². The molecule has 2 aromatic rings. The van der Waals surface area contributed by atoms with Gasteiger partial charge in [0.05, 0.1) is 5.56 Å². The lowest BCUT2D eigenvalue weighted by molar-refractivity contribution is -0.146. The molecule has 0 aromatic heterocycles. The van der Waals surface area contributed by atoms with E-state index in [1.54, 1.807) is 37.3 Å². The van der Waals surface area contributed by atoms with Crippen LogP contribution in [0.25, 0.3) is 10.8 Å². The van der Waals surface area contributed by atoms with Crippen LogP contribution in [-0.2, 0) is 9.53 Å². The number of carboxylic acid groups (broad SMARTS) is 1. The summed E-state index contributed by atoms with van der Waals surface area (Å²) in [4.78, 5) is 23.1. The Kier molecular flexibility index (Phi) is 6.95. The van der Waals surface area contributed by atoms with Gasteiger partial charge in [0.1, 0.15) is 5.75 Å². The van der Waals surface area contributed by atoms with Gasteiger partial charge >= 0.3 is 11.9 Å². The van der Waals surface area contributed by atoms with Crippen molar-refractivity contribution in [2.24, 2.45) is 0 Å². The van der Waals surface area contributed by atoms with Crippen LogP contribution in [0.15, 0.2) is 36.4 Å². The normalized spacial score (nSPS) is 12.1. The summed E-state index contributed by atoms with van der Waals surface area (Å²) < 4.78 is 10.9. The first-order valence-electron chi connectivity index (χ1n) is 8.61. The van der Waals surface area contributed by atoms with Crippen molar-refractivity contribution in [3.8, 4) is 5.75 Å². The molecule has 1 unspecified atom stereocenters. The van der Waals surface area contributed by atoms with E-state index in [1.165, 1.54) is 12.5 Å². The van der Waals surface area contributed by atoms with Gasteiger partial charge in [-0.25, -0.2) is 9.59 Å². The number of carbonyl (C=O) groups is 2. The Morgan fingerprint density at radius 3 is 2.48 bits per heavy atom. The van der Waals surface area contributed by atoms with Crippen LogP contribution >= 0.6 is 0 Å². The largest absolute Gasteiger partial charge is 0.478 e. The number of hydrogen-bond donors (Lipinski definition) is 1. The Balaban J connectivity index is 1.94. The van der Waals surface area contributed by atoms with E-state index < -0.39 is 18.0 Å². The van der Waals surface area contributed by atoms with Crippen LogP contribution in [0.5, 0.6) is 5.75 Å². The van der Waals surface area contributed by atoms with Crippen LogP contribution in [0.4, 0.5) is 0 Å². The highest BCUT2D eigenvalue weighted by molar-refractivity contribution is 5.95. The molecule has 0 bridgehead atoms. The fourth-order valence-electron chi connectivity index (χ4n) is 2.48. The second kappa shape index (κ2) is 9.18. The van der Waals surface area contributed by atoms with E-state index in [9.17, 15) is 9.59 Å². The quantitative estimate of drug-likeness (QED) is 0.414. The molecule has 0 fully saturated rings. The van der Waals surface area contributed by atoms with Gasteiger partial charge in [-0.05, 0) is 48.4 Å². The molecular weight excluding hydrogens is 320 g/mol. The second-order valence-electron chi connectivity index (χ2n) is 6.02. The number of ether oxygens (including phenoxy) is 2. The zero-order valence-electron chi connectivity index (χ0n) is 14.7. The lowest BCUT2D eigenvalue weighted by Gasteiger charge is -2.13. The van der Waals surface area contributed by atoms with Crippen molar-refractivity contribution in [1.29, 1.82) is 0 Å². The maximum atomic E-state index is 12.1. The van der Waals surface area contributed by atoms with Crippen molar-refractivity contribution >= 4 is 22.7 Å². The lowest BCUT2D eigenvalue weighted by Crippen LogP contribution is -2.26. The Morgan fingerprint density at radius 2 is 1.76 bits per heavy atom. The number of carbonyl (C=O) groups excluding carboxylic acids is 1. The van der Waals surface area contributed by atoms with Crippen LogP contribution in [0.3, 0.4) is 0 Å². The molecule has 5 nitrogen and oxygen atoms in total. The summed E-state index contributed by atoms with van der Waals surface area (Å²) in [6, 6.07) is 9.92. The molecule has 1 N–H and O–H groups in total. The van der Waals surface area contributed by atoms with Gasteiger partial charge in [-0.3, -0.25) is 0 Å². The predicted molar refractivity (Wildman–Crippen MR) is 96.1 cm³/mol. The Bertz CT molecular complexity index is 738. The van der Waals surface area contributed by atoms with Crippen molar-refractivity contribution in [2.45, 2.75) is 45.6 Å². The molecule has 0 spiro atoms. The third-order valence-electron chi connectivity index (χ3n) is 3.97. The van der Waals surface area contributed by atoms with Crippen LogP contribution in [0.1, 0.15) is 49.9 Å². The fourth-order valence-corrected chi connectivity index (χ4v) is 2.48. The van der Waals surface area contributed by atoms with E-state index in [-0.39, 0.29) is 5.56 Å². The van der Waals surface area contributed by atoms with E-state index in [1.807, 2.05) is 0 Å². The number of benzene rings is 2. The third-order valence-corrected chi connectivity index (χ3v) is 3.97. The van der Waals surface area contributed by atoms with Gasteiger partial charge in [0, 0.05) is 6.61 Å². The molecule has 5 heteroatoms. The monoisotopic (exact) mass is 344 g/mol. The number of unbranched alkanes of at least 4 members (excludes halogenated alkanes) is 3. The molecule has 0 saturated heterocycles. The molecule has 0 aliphatic rings. The highest BCUT2D eigenvalue weighted by Crippen LogP contribution is 2.22. The summed E-state index contributed by atoms with van der Waals surface area (Å²) >= 11 is 0. The van der Waals surface area contributed by atoms with Crippen molar-refractivity contribution < 1.29 is 24.2 Å². The first kappa shape index (κ1) is 18.9. The number of fused-ring (bicyclic) bond motifs is 1. The zero-order chi connectivity index (χ0) is 18.2. The molecule has 134 valence electrons. The van der Waals surface area contributed by atoms with Crippen molar-refractivity contribution in [3.05, 3.63) is 42.0 Å². The van der Waals surface area contributed by atoms with Gasteiger partial charge in [-0.2, -0.15) is 0 Å². The maximum absolute atomic E-state index is 12.1. The van der Waals surface area contributed by atoms with E-state index in [0.29, 0.717) is 12.4 Å². The minimum atomic E-state index is -0.970. The average Bonchev–Trinajstić information content (AvgIpc) is 2.60. The summed E-state index contributed by atoms with van der Waals surface area (Å²) in [5, 5.41) is 10.6. The molecule has 0 amide bonds. The summed E-state index contributed by atoms with van der Waals surface area (Å²) in [7, 11) is 0. The number of rotatable bonds is 9. The van der Waals surface area contributed by atoms with Gasteiger partial charge in [0.25, 0.3) is 0 Å². The van der Waals surface area contributed by atoms with Crippen LogP contribution in [0, 0.1) is 0 Å². The fraction of sp³-hybridized carbons (Fsp3) is 0.400. The van der Waals surface area contributed by atoms with Crippen LogP contribution in [-0.4, -0.2) is 29.8 Å². The van der Waals surface area contributed by atoms with Gasteiger partial charge in [0.2, 0.25) is 0 Å². The van der Waals surface area contributed by atoms with Gasteiger partial charge < -0.3 is 14.6 Å². The van der Waals surface area contributed by atoms with Gasteiger partial charge in [-0.1, -0.05) is 38.3 Å². The standard InChI is InChI=1S/C20H24O5/c1-3-4-5-6-11-24-14(2)20(23)25-18-10-9-15-12-17(19(21)22)8-7-16(15)13-18/h7-10,12-14H,3-6,11H2,1-2H3,(H,21,22).